The summed E-state index contributed by atoms with van der Waals surface area (Å²) in [5.74, 6) is 7.55. The van der Waals surface area contributed by atoms with Crippen molar-refractivity contribution in [3.63, 3.8) is 0 Å². The van der Waals surface area contributed by atoms with Crippen molar-refractivity contribution in [3.8, 4) is 17.9 Å². The van der Waals surface area contributed by atoms with E-state index in [4.69, 9.17) is 10.00 Å². The molecule has 2 fully saturated rings. The zero-order valence-corrected chi connectivity index (χ0v) is 23.0. The summed E-state index contributed by atoms with van der Waals surface area (Å²) in [6.07, 6.45) is 4.83. The number of nitrogens with one attached hydrogen (secondary N) is 3. The number of rotatable bonds is 7. The summed E-state index contributed by atoms with van der Waals surface area (Å²) in [6, 6.07) is 9.03. The number of amides is 2. The molecule has 0 unspecified atom stereocenters. The Morgan fingerprint density at radius 3 is 2.62 bits per heavy atom. The van der Waals surface area contributed by atoms with Gasteiger partial charge in [-0.1, -0.05) is 17.9 Å². The summed E-state index contributed by atoms with van der Waals surface area (Å²) < 4.78 is 5.35. The summed E-state index contributed by atoms with van der Waals surface area (Å²) in [4.78, 5) is 35.3. The molecule has 2 aliphatic rings. The highest BCUT2D eigenvalue weighted by molar-refractivity contribution is 5.85. The van der Waals surface area contributed by atoms with Gasteiger partial charge in [0.15, 0.2) is 0 Å². The lowest BCUT2D eigenvalue weighted by atomic mass is 9.80. The van der Waals surface area contributed by atoms with E-state index in [0.717, 1.165) is 36.9 Å². The topological polar surface area (TPSA) is 132 Å². The van der Waals surface area contributed by atoms with E-state index in [2.05, 4.69) is 43.8 Å². The molecule has 2 saturated carbocycles. The van der Waals surface area contributed by atoms with E-state index in [9.17, 15) is 9.59 Å². The minimum absolute atomic E-state index is 0.0161. The number of nitrogens with zero attached hydrogens (tertiary/aromatic N) is 4. The number of hydrogen-bond acceptors (Lipinski definition) is 8. The minimum atomic E-state index is -0.646. The highest BCUT2D eigenvalue weighted by atomic mass is 16.6. The predicted octanol–water partition coefficient (Wildman–Crippen LogP) is 4.17. The van der Waals surface area contributed by atoms with Gasteiger partial charge in [0.25, 0.3) is 0 Å². The van der Waals surface area contributed by atoms with Crippen LogP contribution in [0, 0.1) is 29.1 Å². The Bertz CT molecular complexity index is 1320. The fourth-order valence-electron chi connectivity index (χ4n) is 3.88. The Kier molecular flexibility index (Phi) is 8.25. The van der Waals surface area contributed by atoms with Crippen molar-refractivity contribution in [2.75, 3.05) is 17.7 Å². The molecule has 0 bridgehead atoms. The van der Waals surface area contributed by atoms with Crippen molar-refractivity contribution < 1.29 is 14.3 Å². The smallest absolute Gasteiger partial charge is 0.410 e. The van der Waals surface area contributed by atoms with Gasteiger partial charge in [-0.25, -0.2) is 9.78 Å². The fraction of sp³-hybridized carbons (Fsp3) is 0.483. The van der Waals surface area contributed by atoms with Gasteiger partial charge < -0.3 is 20.7 Å². The van der Waals surface area contributed by atoms with E-state index >= 15 is 0 Å². The fourth-order valence-corrected chi connectivity index (χ4v) is 3.88. The van der Waals surface area contributed by atoms with E-state index in [1.807, 2.05) is 6.07 Å². The van der Waals surface area contributed by atoms with Gasteiger partial charge in [0, 0.05) is 30.7 Å². The van der Waals surface area contributed by atoms with E-state index in [0.29, 0.717) is 23.4 Å². The second-order valence-electron chi connectivity index (χ2n) is 11.1. The molecule has 39 heavy (non-hydrogen) atoms. The van der Waals surface area contributed by atoms with Gasteiger partial charge in [0.2, 0.25) is 11.9 Å². The molecule has 2 aliphatic carbocycles. The minimum Gasteiger partial charge on any atom is -0.444 e. The Morgan fingerprint density at radius 2 is 1.95 bits per heavy atom. The summed E-state index contributed by atoms with van der Waals surface area (Å²) in [7, 11) is 1.56. The lowest BCUT2D eigenvalue weighted by Crippen LogP contribution is -2.52. The van der Waals surface area contributed by atoms with E-state index < -0.39 is 17.7 Å². The zero-order chi connectivity index (χ0) is 28.2. The Hall–Kier alpha value is -4.31. The number of carbonyl (C=O) groups excluding carboxylic acids is 2. The van der Waals surface area contributed by atoms with Crippen LogP contribution in [0.1, 0.15) is 64.5 Å². The van der Waals surface area contributed by atoms with Crippen LogP contribution in [0.25, 0.3) is 0 Å². The molecule has 0 radical (unpaired) electrons. The van der Waals surface area contributed by atoms with Crippen LogP contribution in [0.4, 0.5) is 22.2 Å². The standard InChI is InChI=1S/C29H35N7O3/c1-18(36(5)28(38)39-29(2,3)4)26(37)33-24-13-19(14-24)9-10-21-17-31-27(35-25(21)32-22-11-12-22)34-23-8-6-7-20(15-23)16-30/h6-8,15,17-19,22,24H,11-14H2,1-5H3,(H,33,37)(H2,31,32,34,35)/t18-,19-,24+/m0/s1. The third-order valence-electron chi connectivity index (χ3n) is 6.49. The van der Waals surface area contributed by atoms with Crippen LogP contribution in [0.15, 0.2) is 30.5 Å². The Balaban J connectivity index is 1.33. The first-order chi connectivity index (χ1) is 18.5. The van der Waals surface area contributed by atoms with Gasteiger partial charge in [-0.05, 0) is 71.6 Å². The molecule has 1 atom stereocenters. The molecule has 1 heterocycles. The second-order valence-corrected chi connectivity index (χ2v) is 11.1. The number of likely N-dealkylation sites (N-methyl/N-ethyl adjacent to an activating group) is 1. The quantitative estimate of drug-likeness (QED) is 0.456. The predicted molar refractivity (Wildman–Crippen MR) is 148 cm³/mol. The van der Waals surface area contributed by atoms with Crippen LogP contribution in [0.5, 0.6) is 0 Å². The molecule has 0 saturated heterocycles. The van der Waals surface area contributed by atoms with Gasteiger partial charge in [0.05, 0.1) is 23.4 Å². The number of hydrogen-bond donors (Lipinski definition) is 3. The van der Waals surface area contributed by atoms with E-state index in [1.165, 1.54) is 4.90 Å². The first kappa shape index (κ1) is 27.7. The van der Waals surface area contributed by atoms with Crippen molar-refractivity contribution in [1.29, 1.82) is 5.26 Å². The molecule has 2 aromatic rings. The van der Waals surface area contributed by atoms with Crippen molar-refractivity contribution in [2.45, 2.75) is 77.1 Å². The summed E-state index contributed by atoms with van der Waals surface area (Å²) in [6.45, 7) is 7.05. The van der Waals surface area contributed by atoms with Gasteiger partial charge >= 0.3 is 6.09 Å². The molecule has 2 amide bonds. The lowest BCUT2D eigenvalue weighted by Gasteiger charge is -2.34. The van der Waals surface area contributed by atoms with E-state index in [-0.39, 0.29) is 17.9 Å². The number of nitriles is 1. The molecular weight excluding hydrogens is 494 g/mol. The maximum atomic E-state index is 12.7. The van der Waals surface area contributed by atoms with Gasteiger partial charge in [-0.15, -0.1) is 0 Å². The normalized spacial score (nSPS) is 18.8. The van der Waals surface area contributed by atoms with E-state index in [1.54, 1.807) is 59.1 Å². The molecule has 1 aromatic carbocycles. The Morgan fingerprint density at radius 1 is 1.21 bits per heavy atom. The average molecular weight is 530 g/mol. The monoisotopic (exact) mass is 529 g/mol. The lowest BCUT2D eigenvalue weighted by molar-refractivity contribution is -0.126. The summed E-state index contributed by atoms with van der Waals surface area (Å²) in [5.41, 5.74) is 1.39. The van der Waals surface area contributed by atoms with Crippen molar-refractivity contribution in [2.24, 2.45) is 5.92 Å². The van der Waals surface area contributed by atoms with Crippen LogP contribution in [-0.2, 0) is 9.53 Å². The Labute approximate surface area is 229 Å². The van der Waals surface area contributed by atoms with Crippen molar-refractivity contribution in [1.82, 2.24) is 20.2 Å². The first-order valence-electron chi connectivity index (χ1n) is 13.2. The number of ether oxygens (including phenoxy) is 1. The summed E-state index contributed by atoms with van der Waals surface area (Å²) >= 11 is 0. The molecule has 4 rings (SSSR count). The zero-order valence-electron chi connectivity index (χ0n) is 23.0. The molecule has 10 nitrogen and oxygen atoms in total. The molecule has 0 spiro atoms. The van der Waals surface area contributed by atoms with Gasteiger partial charge in [0.1, 0.15) is 17.5 Å². The summed E-state index contributed by atoms with van der Waals surface area (Å²) in [5, 5.41) is 18.7. The highest BCUT2D eigenvalue weighted by Crippen LogP contribution is 2.29. The van der Waals surface area contributed by atoms with Crippen LogP contribution >= 0.6 is 0 Å². The first-order valence-corrected chi connectivity index (χ1v) is 13.2. The molecule has 10 heteroatoms. The molecule has 3 N–H and O–H groups in total. The maximum absolute atomic E-state index is 12.7. The number of anilines is 3. The number of benzene rings is 1. The average Bonchev–Trinajstić information content (AvgIpc) is 3.68. The third-order valence-corrected chi connectivity index (χ3v) is 6.49. The molecular formula is C29H35N7O3. The van der Waals surface area contributed by atoms with Crippen LogP contribution in [0.3, 0.4) is 0 Å². The highest BCUT2D eigenvalue weighted by Gasteiger charge is 2.33. The number of aromatic nitrogens is 2. The molecule has 204 valence electrons. The van der Waals surface area contributed by atoms with Crippen molar-refractivity contribution >= 4 is 29.5 Å². The SMILES string of the molecule is C[C@@H](C(=O)N[C@H]1C[C@@H](C#Cc2cnc(Nc3cccc(C#N)c3)nc2NC2CC2)C1)N(C)C(=O)OC(C)(C)C. The van der Waals surface area contributed by atoms with Crippen LogP contribution in [-0.4, -0.2) is 57.6 Å². The van der Waals surface area contributed by atoms with Crippen LogP contribution < -0.4 is 16.0 Å². The largest absolute Gasteiger partial charge is 0.444 e. The van der Waals surface area contributed by atoms with Crippen LogP contribution in [0.2, 0.25) is 0 Å². The van der Waals surface area contributed by atoms with Gasteiger partial charge in [-0.2, -0.15) is 10.2 Å². The van der Waals surface area contributed by atoms with Gasteiger partial charge in [-0.3, -0.25) is 9.69 Å². The molecule has 0 aliphatic heterocycles. The third kappa shape index (κ3) is 7.84. The number of carbonyl (C=O) groups is 2. The van der Waals surface area contributed by atoms with Crippen molar-refractivity contribution in [3.05, 3.63) is 41.6 Å². The molecule has 1 aromatic heterocycles. The second kappa shape index (κ2) is 11.6. The maximum Gasteiger partial charge on any atom is 0.410 e.